The molecule has 12 rings (SSSR count). The molecule has 0 saturated heterocycles. The van der Waals surface area contributed by atoms with Gasteiger partial charge in [0.1, 0.15) is 22.3 Å². The van der Waals surface area contributed by atoms with Crippen molar-refractivity contribution in [3.05, 3.63) is 224 Å². The molecule has 0 saturated carbocycles. The number of anilines is 3. The fourth-order valence-electron chi connectivity index (χ4n) is 9.15. The largest absolute Gasteiger partial charge is 0.456 e. The van der Waals surface area contributed by atoms with E-state index < -0.39 is 0 Å². The van der Waals surface area contributed by atoms with Crippen LogP contribution < -0.4 is 4.90 Å². The number of furan rings is 2. The summed E-state index contributed by atoms with van der Waals surface area (Å²) in [6, 6.07) is 79.8. The first-order chi connectivity index (χ1) is 30.2. The molecule has 2 aromatic heterocycles. The van der Waals surface area contributed by atoms with Gasteiger partial charge in [-0.1, -0.05) is 164 Å². The number of hydrogen-bond donors (Lipinski definition) is 0. The van der Waals surface area contributed by atoms with E-state index in [1.165, 1.54) is 33.0 Å². The van der Waals surface area contributed by atoms with Crippen molar-refractivity contribution in [3.8, 4) is 44.5 Å². The summed E-state index contributed by atoms with van der Waals surface area (Å²) >= 11 is 0. The second-order valence-corrected chi connectivity index (χ2v) is 15.7. The summed E-state index contributed by atoms with van der Waals surface area (Å²) < 4.78 is 13.6. The Bertz CT molecular complexity index is 3480. The fraction of sp³-hybridized carbons (Fsp3) is 0. The molecule has 0 aliphatic carbocycles. The van der Waals surface area contributed by atoms with Crippen LogP contribution >= 0.6 is 0 Å². The average molecular weight is 780 g/mol. The Kier molecular flexibility index (Phi) is 8.17. The topological polar surface area (TPSA) is 29.5 Å². The van der Waals surface area contributed by atoms with Gasteiger partial charge in [0.25, 0.3) is 0 Å². The highest BCUT2D eigenvalue weighted by atomic mass is 16.3. The van der Waals surface area contributed by atoms with Crippen molar-refractivity contribution in [3.63, 3.8) is 0 Å². The molecule has 0 amide bonds. The lowest BCUT2D eigenvalue weighted by Crippen LogP contribution is -2.10. The van der Waals surface area contributed by atoms with E-state index in [9.17, 15) is 0 Å². The van der Waals surface area contributed by atoms with Gasteiger partial charge in [-0.05, 0) is 110 Å². The first-order valence-electron chi connectivity index (χ1n) is 20.7. The smallest absolute Gasteiger partial charge is 0.144 e. The zero-order valence-electron chi connectivity index (χ0n) is 33.1. The normalized spacial score (nSPS) is 11.6. The molecule has 0 N–H and O–H groups in total. The van der Waals surface area contributed by atoms with E-state index in [0.29, 0.717) is 0 Å². The van der Waals surface area contributed by atoms with Crippen molar-refractivity contribution in [2.24, 2.45) is 0 Å². The average Bonchev–Trinajstić information content (AvgIpc) is 3.90. The van der Waals surface area contributed by atoms with E-state index in [2.05, 4.69) is 217 Å². The molecule has 61 heavy (non-hydrogen) atoms. The van der Waals surface area contributed by atoms with Crippen LogP contribution in [-0.4, -0.2) is 0 Å². The standard InChI is InChI=1S/C58H37NO2/c1-3-13-38(14-4-1)41-27-31-46(32-28-41)59(47-33-29-42(30-34-47)39-15-5-2-6-16-39)48-20-11-19-44(36-48)49-22-12-24-53-56(49)51-37-54-57(50-21-9-10-23-52(50)60-54)55(58(51)61-53)45-26-25-40-17-7-8-18-43(40)35-45/h1-37H. The summed E-state index contributed by atoms with van der Waals surface area (Å²) in [6.07, 6.45) is 0. The molecule has 0 atom stereocenters. The zero-order chi connectivity index (χ0) is 40.3. The van der Waals surface area contributed by atoms with Crippen LogP contribution in [0.4, 0.5) is 17.1 Å². The maximum absolute atomic E-state index is 7.00. The molecule has 0 aliphatic heterocycles. The molecule has 12 aromatic rings. The van der Waals surface area contributed by atoms with Gasteiger partial charge >= 0.3 is 0 Å². The maximum Gasteiger partial charge on any atom is 0.144 e. The van der Waals surface area contributed by atoms with Crippen LogP contribution in [0.3, 0.4) is 0 Å². The first kappa shape index (κ1) is 34.9. The van der Waals surface area contributed by atoms with Crippen LogP contribution in [0.25, 0.3) is 99.2 Å². The second-order valence-electron chi connectivity index (χ2n) is 15.7. The highest BCUT2D eigenvalue weighted by molar-refractivity contribution is 6.25. The van der Waals surface area contributed by atoms with E-state index >= 15 is 0 Å². The first-order valence-corrected chi connectivity index (χ1v) is 20.7. The Morgan fingerprint density at radius 2 is 0.869 bits per heavy atom. The molecule has 286 valence electrons. The van der Waals surface area contributed by atoms with Gasteiger partial charge in [-0.2, -0.15) is 0 Å². The predicted molar refractivity (Wildman–Crippen MR) is 255 cm³/mol. The Morgan fingerprint density at radius 3 is 1.59 bits per heavy atom. The van der Waals surface area contributed by atoms with E-state index in [-0.39, 0.29) is 0 Å². The molecule has 2 heterocycles. The van der Waals surface area contributed by atoms with Gasteiger partial charge in [0.05, 0.1) is 0 Å². The predicted octanol–water partition coefficient (Wildman–Crippen LogP) is 16.8. The van der Waals surface area contributed by atoms with E-state index in [1.807, 2.05) is 12.1 Å². The molecular formula is C58H37NO2. The lowest BCUT2D eigenvalue weighted by molar-refractivity contribution is 0.664. The number of benzene rings is 10. The Balaban J connectivity index is 1.04. The summed E-state index contributed by atoms with van der Waals surface area (Å²) in [7, 11) is 0. The van der Waals surface area contributed by atoms with Crippen LogP contribution in [0.1, 0.15) is 0 Å². The van der Waals surface area contributed by atoms with Crippen LogP contribution in [0, 0.1) is 0 Å². The van der Waals surface area contributed by atoms with Gasteiger partial charge in [0.2, 0.25) is 0 Å². The number of rotatable bonds is 7. The summed E-state index contributed by atoms with van der Waals surface area (Å²) in [5.41, 5.74) is 15.7. The molecule has 0 radical (unpaired) electrons. The van der Waals surface area contributed by atoms with Gasteiger partial charge in [-0.15, -0.1) is 0 Å². The molecule has 3 heteroatoms. The van der Waals surface area contributed by atoms with Gasteiger partial charge in [0.15, 0.2) is 0 Å². The molecular weight excluding hydrogens is 743 g/mol. The second kappa shape index (κ2) is 14.3. The highest BCUT2D eigenvalue weighted by Crippen LogP contribution is 2.48. The van der Waals surface area contributed by atoms with Gasteiger partial charge in [-0.25, -0.2) is 0 Å². The Labute approximate surface area is 353 Å². The third-order valence-corrected chi connectivity index (χ3v) is 12.0. The number of para-hydroxylation sites is 1. The molecule has 0 spiro atoms. The fourth-order valence-corrected chi connectivity index (χ4v) is 9.15. The van der Waals surface area contributed by atoms with Crippen molar-refractivity contribution in [1.29, 1.82) is 0 Å². The van der Waals surface area contributed by atoms with Gasteiger partial charge in [-0.3, -0.25) is 0 Å². The maximum atomic E-state index is 7.00. The Morgan fingerprint density at radius 1 is 0.295 bits per heavy atom. The highest BCUT2D eigenvalue weighted by Gasteiger charge is 2.23. The summed E-state index contributed by atoms with van der Waals surface area (Å²) in [6.45, 7) is 0. The molecule has 0 bridgehead atoms. The van der Waals surface area contributed by atoms with Crippen molar-refractivity contribution in [2.75, 3.05) is 4.90 Å². The minimum Gasteiger partial charge on any atom is -0.456 e. The van der Waals surface area contributed by atoms with Crippen molar-refractivity contribution < 1.29 is 8.83 Å². The SMILES string of the molecule is c1ccc(-c2ccc(N(c3ccc(-c4ccccc4)cc3)c3cccc(-c4cccc5oc6c(-c7ccc8ccccc8c7)c7c(cc6c45)oc4ccccc47)c3)cc2)cc1. The minimum atomic E-state index is 0.835. The number of nitrogens with zero attached hydrogens (tertiary/aromatic N) is 1. The lowest BCUT2D eigenvalue weighted by Gasteiger charge is -2.26. The molecule has 0 aliphatic rings. The van der Waals surface area contributed by atoms with Crippen LogP contribution in [-0.2, 0) is 0 Å². The third-order valence-electron chi connectivity index (χ3n) is 12.0. The number of hydrogen-bond acceptors (Lipinski definition) is 3. The third kappa shape index (κ3) is 5.98. The van der Waals surface area contributed by atoms with E-state index in [1.54, 1.807) is 0 Å². The molecule has 0 unspecified atom stereocenters. The molecule has 3 nitrogen and oxygen atoms in total. The zero-order valence-corrected chi connectivity index (χ0v) is 33.1. The monoisotopic (exact) mass is 779 g/mol. The van der Waals surface area contributed by atoms with Gasteiger partial charge < -0.3 is 13.7 Å². The number of fused-ring (bicyclic) bond motifs is 7. The van der Waals surface area contributed by atoms with Crippen LogP contribution in [0.5, 0.6) is 0 Å². The quantitative estimate of drug-likeness (QED) is 0.161. The van der Waals surface area contributed by atoms with Crippen molar-refractivity contribution in [1.82, 2.24) is 0 Å². The summed E-state index contributed by atoms with van der Waals surface area (Å²) in [5, 5.41) is 6.60. The van der Waals surface area contributed by atoms with E-state index in [0.717, 1.165) is 83.2 Å². The van der Waals surface area contributed by atoms with Crippen molar-refractivity contribution in [2.45, 2.75) is 0 Å². The molecule has 0 fully saturated rings. The lowest BCUT2D eigenvalue weighted by atomic mass is 9.93. The summed E-state index contributed by atoms with van der Waals surface area (Å²) in [4.78, 5) is 2.34. The van der Waals surface area contributed by atoms with Crippen LogP contribution in [0.2, 0.25) is 0 Å². The Hall–Kier alpha value is -8.14. The molecule has 10 aromatic carbocycles. The van der Waals surface area contributed by atoms with E-state index in [4.69, 9.17) is 8.83 Å². The van der Waals surface area contributed by atoms with Crippen LogP contribution in [0.15, 0.2) is 233 Å². The van der Waals surface area contributed by atoms with Crippen molar-refractivity contribution >= 4 is 71.7 Å². The van der Waals surface area contributed by atoms with Gasteiger partial charge in [0, 0.05) is 44.2 Å². The summed E-state index contributed by atoms with van der Waals surface area (Å²) in [5.74, 6) is 0. The minimum absolute atomic E-state index is 0.835.